The van der Waals surface area contributed by atoms with E-state index in [2.05, 4.69) is 6.92 Å². The van der Waals surface area contributed by atoms with Crippen molar-refractivity contribution < 1.29 is 14.3 Å². The van der Waals surface area contributed by atoms with Gasteiger partial charge in [-0.15, -0.1) is 0 Å². The topological polar surface area (TPSA) is 43.4 Å². The Balaban J connectivity index is 2.43. The van der Waals surface area contributed by atoms with Crippen molar-refractivity contribution in [2.75, 3.05) is 6.61 Å². The second-order valence-electron chi connectivity index (χ2n) is 6.26. The lowest BCUT2D eigenvalue weighted by molar-refractivity contribution is -0.146. The first-order valence-electron chi connectivity index (χ1n) is 8.77. The summed E-state index contributed by atoms with van der Waals surface area (Å²) in [5, 5.41) is 0. The molecule has 0 amide bonds. The Labute approximate surface area is 140 Å². The number of carbonyl (C=O) groups is 2. The van der Waals surface area contributed by atoms with Gasteiger partial charge in [-0.1, -0.05) is 69.9 Å². The number of hydrogen-bond acceptors (Lipinski definition) is 3. The van der Waals surface area contributed by atoms with Gasteiger partial charge in [-0.05, 0) is 24.8 Å². The maximum atomic E-state index is 12.0. The van der Waals surface area contributed by atoms with Crippen LogP contribution in [0.3, 0.4) is 0 Å². The molecule has 0 saturated heterocycles. The number of carbonyl (C=O) groups excluding carboxylic acids is 2. The summed E-state index contributed by atoms with van der Waals surface area (Å²) in [5.41, 5.74) is 1.08. The molecule has 0 radical (unpaired) electrons. The fourth-order valence-electron chi connectivity index (χ4n) is 2.79. The Kier molecular flexibility index (Phi) is 9.27. The Morgan fingerprint density at radius 1 is 1.04 bits per heavy atom. The molecule has 0 fully saturated rings. The second kappa shape index (κ2) is 11.0. The molecule has 0 aliphatic rings. The van der Waals surface area contributed by atoms with Crippen LogP contribution in [0.25, 0.3) is 0 Å². The van der Waals surface area contributed by atoms with Crippen molar-refractivity contribution in [1.29, 1.82) is 0 Å². The van der Waals surface area contributed by atoms with Crippen LogP contribution < -0.4 is 0 Å². The van der Waals surface area contributed by atoms with Crippen LogP contribution in [0.2, 0.25) is 0 Å². The Morgan fingerprint density at radius 3 is 2.30 bits per heavy atom. The highest BCUT2D eigenvalue weighted by Gasteiger charge is 2.26. The number of ketones is 1. The number of hydrogen-bond donors (Lipinski definition) is 0. The smallest absolute Gasteiger partial charge is 0.306 e. The van der Waals surface area contributed by atoms with Gasteiger partial charge in [0.25, 0.3) is 0 Å². The summed E-state index contributed by atoms with van der Waals surface area (Å²) in [6.07, 6.45) is 5.80. The molecule has 0 saturated carbocycles. The van der Waals surface area contributed by atoms with Crippen LogP contribution >= 0.6 is 0 Å². The van der Waals surface area contributed by atoms with Gasteiger partial charge in [0.2, 0.25) is 0 Å². The molecule has 0 aromatic heterocycles. The minimum absolute atomic E-state index is 0.0193. The minimum Gasteiger partial charge on any atom is -0.466 e. The third kappa shape index (κ3) is 7.45. The molecule has 1 aromatic rings. The summed E-state index contributed by atoms with van der Waals surface area (Å²) in [5.74, 6) is -0.513. The molecule has 2 atom stereocenters. The maximum absolute atomic E-state index is 12.0. The molecule has 23 heavy (non-hydrogen) atoms. The molecule has 0 heterocycles. The van der Waals surface area contributed by atoms with Crippen molar-refractivity contribution in [2.24, 2.45) is 5.92 Å². The predicted octanol–water partition coefficient (Wildman–Crippen LogP) is 4.90. The van der Waals surface area contributed by atoms with Crippen LogP contribution in [-0.4, -0.2) is 18.4 Å². The van der Waals surface area contributed by atoms with Gasteiger partial charge in [-0.3, -0.25) is 9.59 Å². The van der Waals surface area contributed by atoms with Gasteiger partial charge in [0.05, 0.1) is 13.0 Å². The number of Topliss-reactive ketones (excluding diaryl/α,β-unsaturated/α-hetero) is 1. The Morgan fingerprint density at radius 2 is 1.70 bits per heavy atom. The van der Waals surface area contributed by atoms with E-state index in [9.17, 15) is 9.59 Å². The van der Waals surface area contributed by atoms with E-state index in [1.54, 1.807) is 6.92 Å². The fourth-order valence-corrected chi connectivity index (χ4v) is 2.79. The maximum Gasteiger partial charge on any atom is 0.306 e. The zero-order valence-corrected chi connectivity index (χ0v) is 14.7. The highest BCUT2D eigenvalue weighted by atomic mass is 16.5. The fraction of sp³-hybridized carbons (Fsp3) is 0.600. The molecule has 0 spiro atoms. The van der Waals surface area contributed by atoms with Crippen molar-refractivity contribution >= 4 is 11.8 Å². The van der Waals surface area contributed by atoms with E-state index in [4.69, 9.17) is 4.74 Å². The van der Waals surface area contributed by atoms with E-state index in [0.29, 0.717) is 6.61 Å². The molecule has 1 aromatic carbocycles. The van der Waals surface area contributed by atoms with Gasteiger partial charge >= 0.3 is 5.97 Å². The molecule has 128 valence electrons. The summed E-state index contributed by atoms with van der Waals surface area (Å²) in [6, 6.07) is 9.86. The third-order valence-electron chi connectivity index (χ3n) is 4.35. The van der Waals surface area contributed by atoms with Crippen molar-refractivity contribution in [3.05, 3.63) is 35.9 Å². The molecule has 0 aliphatic carbocycles. The molecule has 0 aliphatic heterocycles. The molecule has 2 unspecified atom stereocenters. The average molecular weight is 318 g/mol. The molecule has 0 N–H and O–H groups in total. The van der Waals surface area contributed by atoms with Gasteiger partial charge in [-0.2, -0.15) is 0 Å². The second-order valence-corrected chi connectivity index (χ2v) is 6.26. The highest BCUT2D eigenvalue weighted by molar-refractivity contribution is 5.84. The number of ether oxygens (including phenoxy) is 1. The summed E-state index contributed by atoms with van der Waals surface area (Å²) in [4.78, 5) is 23.9. The SMILES string of the molecule is CCCCCCCOC(=O)CC(C(C)=O)C(C)c1ccccc1. The van der Waals surface area contributed by atoms with E-state index in [-0.39, 0.29) is 30.0 Å². The quantitative estimate of drug-likeness (QED) is 0.430. The van der Waals surface area contributed by atoms with Crippen LogP contribution in [-0.2, 0) is 14.3 Å². The summed E-state index contributed by atoms with van der Waals surface area (Å²) >= 11 is 0. The van der Waals surface area contributed by atoms with Gasteiger partial charge in [0.15, 0.2) is 0 Å². The minimum atomic E-state index is -0.315. The van der Waals surface area contributed by atoms with Crippen molar-refractivity contribution in [3.8, 4) is 0 Å². The van der Waals surface area contributed by atoms with E-state index < -0.39 is 0 Å². The number of unbranched alkanes of at least 4 members (excludes halogenated alkanes) is 4. The van der Waals surface area contributed by atoms with E-state index in [1.807, 2.05) is 37.3 Å². The van der Waals surface area contributed by atoms with Crippen LogP contribution in [0.1, 0.15) is 70.8 Å². The molecule has 3 heteroatoms. The third-order valence-corrected chi connectivity index (χ3v) is 4.35. The molecule has 1 rings (SSSR count). The van der Waals surface area contributed by atoms with Crippen LogP contribution in [0.5, 0.6) is 0 Å². The Hall–Kier alpha value is -1.64. The van der Waals surface area contributed by atoms with Crippen LogP contribution in [0.15, 0.2) is 30.3 Å². The van der Waals surface area contributed by atoms with Crippen LogP contribution in [0, 0.1) is 5.92 Å². The molecule has 3 nitrogen and oxygen atoms in total. The monoisotopic (exact) mass is 318 g/mol. The lowest BCUT2D eigenvalue weighted by Crippen LogP contribution is -2.23. The van der Waals surface area contributed by atoms with E-state index in [1.165, 1.54) is 19.3 Å². The molecular formula is C20H30O3. The van der Waals surface area contributed by atoms with Gasteiger partial charge in [-0.25, -0.2) is 0 Å². The zero-order valence-electron chi connectivity index (χ0n) is 14.7. The number of benzene rings is 1. The summed E-state index contributed by atoms with van der Waals surface area (Å²) < 4.78 is 5.30. The van der Waals surface area contributed by atoms with Crippen molar-refractivity contribution in [1.82, 2.24) is 0 Å². The van der Waals surface area contributed by atoms with Crippen molar-refractivity contribution in [3.63, 3.8) is 0 Å². The average Bonchev–Trinajstić information content (AvgIpc) is 2.55. The number of esters is 1. The largest absolute Gasteiger partial charge is 0.466 e. The standard InChI is InChI=1S/C20H30O3/c1-4-5-6-7-11-14-23-20(22)15-19(17(3)21)16(2)18-12-9-8-10-13-18/h8-10,12-13,16,19H,4-7,11,14-15H2,1-3H3. The van der Waals surface area contributed by atoms with Gasteiger partial charge < -0.3 is 4.74 Å². The Bertz CT molecular complexity index is 467. The molecular weight excluding hydrogens is 288 g/mol. The molecule has 0 bridgehead atoms. The van der Waals surface area contributed by atoms with E-state index >= 15 is 0 Å². The lowest BCUT2D eigenvalue weighted by atomic mass is 9.83. The predicted molar refractivity (Wildman–Crippen MR) is 93.4 cm³/mol. The first kappa shape index (κ1) is 19.4. The summed E-state index contributed by atoms with van der Waals surface area (Å²) in [6.45, 7) is 6.20. The summed E-state index contributed by atoms with van der Waals surface area (Å²) in [7, 11) is 0. The first-order chi connectivity index (χ1) is 11.1. The lowest BCUT2D eigenvalue weighted by Gasteiger charge is -2.21. The van der Waals surface area contributed by atoms with Gasteiger partial charge in [0.1, 0.15) is 5.78 Å². The van der Waals surface area contributed by atoms with Crippen LogP contribution in [0.4, 0.5) is 0 Å². The normalized spacial score (nSPS) is 13.3. The van der Waals surface area contributed by atoms with Gasteiger partial charge in [0, 0.05) is 5.92 Å². The zero-order chi connectivity index (χ0) is 17.1. The highest BCUT2D eigenvalue weighted by Crippen LogP contribution is 2.27. The number of rotatable bonds is 11. The first-order valence-corrected chi connectivity index (χ1v) is 8.77. The van der Waals surface area contributed by atoms with E-state index in [0.717, 1.165) is 18.4 Å². The van der Waals surface area contributed by atoms with Crippen molar-refractivity contribution in [2.45, 2.75) is 65.2 Å².